The number of aliphatic hydroxyl groups is 1. The molecule has 5 heteroatoms. The minimum absolute atomic E-state index is 0.113. The summed E-state index contributed by atoms with van der Waals surface area (Å²) in [4.78, 5) is 0. The Labute approximate surface area is 154 Å². The van der Waals surface area contributed by atoms with Crippen molar-refractivity contribution >= 4 is 17.0 Å². The molecular weight excluding hydrogens is 332 g/mol. The van der Waals surface area contributed by atoms with Crippen LogP contribution in [0.15, 0.2) is 54.6 Å². The topological polar surface area (TPSA) is 58.6 Å². The lowest BCUT2D eigenvalue weighted by Crippen LogP contribution is -2.34. The minimum atomic E-state index is -1.06. The van der Waals surface area contributed by atoms with Crippen molar-refractivity contribution in [3.05, 3.63) is 65.7 Å². The summed E-state index contributed by atoms with van der Waals surface area (Å²) >= 11 is -1.06. The SMILES string of the molecule is CC(C)CN(Cc1ccc(NCCO)cc1)[S@@+]([O-])Cc1ccccc1. The lowest BCUT2D eigenvalue weighted by Gasteiger charge is -2.26. The Morgan fingerprint density at radius 3 is 2.32 bits per heavy atom. The van der Waals surface area contributed by atoms with Gasteiger partial charge in [0, 0.05) is 35.7 Å². The summed E-state index contributed by atoms with van der Waals surface area (Å²) in [6.45, 7) is 6.41. The molecule has 0 amide bonds. The molecule has 25 heavy (non-hydrogen) atoms. The van der Waals surface area contributed by atoms with Gasteiger partial charge in [0.05, 0.1) is 13.2 Å². The molecule has 0 bridgehead atoms. The maximum absolute atomic E-state index is 12.9. The molecule has 0 spiro atoms. The van der Waals surface area contributed by atoms with Crippen LogP contribution in [-0.2, 0) is 23.7 Å². The fraction of sp³-hybridized carbons (Fsp3) is 0.400. The Hall–Kier alpha value is -1.53. The first kappa shape index (κ1) is 19.8. The van der Waals surface area contributed by atoms with Crippen LogP contribution >= 0.6 is 0 Å². The fourth-order valence-electron chi connectivity index (χ4n) is 2.57. The molecule has 0 saturated carbocycles. The van der Waals surface area contributed by atoms with Crippen LogP contribution in [-0.4, -0.2) is 33.7 Å². The van der Waals surface area contributed by atoms with Gasteiger partial charge in [-0.05, 0) is 23.6 Å². The van der Waals surface area contributed by atoms with E-state index in [1.807, 2.05) is 58.9 Å². The Balaban J connectivity index is 2.01. The Kier molecular flexibility index (Phi) is 8.28. The zero-order valence-corrected chi connectivity index (χ0v) is 15.8. The molecule has 0 aliphatic heterocycles. The van der Waals surface area contributed by atoms with Crippen LogP contribution < -0.4 is 5.32 Å². The van der Waals surface area contributed by atoms with E-state index in [-0.39, 0.29) is 6.61 Å². The molecule has 0 heterocycles. The third-order valence-corrected chi connectivity index (χ3v) is 5.18. The summed E-state index contributed by atoms with van der Waals surface area (Å²) in [7, 11) is 0. The molecule has 2 rings (SSSR count). The normalized spacial score (nSPS) is 12.6. The maximum atomic E-state index is 12.9. The number of benzene rings is 2. The summed E-state index contributed by atoms with van der Waals surface area (Å²) in [5.41, 5.74) is 3.22. The van der Waals surface area contributed by atoms with Gasteiger partial charge in [0.1, 0.15) is 0 Å². The molecule has 2 aromatic carbocycles. The molecule has 4 nitrogen and oxygen atoms in total. The number of nitrogens with zero attached hydrogens (tertiary/aromatic N) is 1. The van der Waals surface area contributed by atoms with E-state index in [9.17, 15) is 4.55 Å². The second kappa shape index (κ2) is 10.5. The summed E-state index contributed by atoms with van der Waals surface area (Å²) in [6.07, 6.45) is 0. The third kappa shape index (κ3) is 7.08. The van der Waals surface area contributed by atoms with Crippen molar-refractivity contribution in [3.8, 4) is 0 Å². The van der Waals surface area contributed by atoms with E-state index in [1.54, 1.807) is 0 Å². The zero-order valence-electron chi connectivity index (χ0n) is 15.0. The van der Waals surface area contributed by atoms with Gasteiger partial charge in [0.25, 0.3) is 0 Å². The van der Waals surface area contributed by atoms with Gasteiger partial charge in [-0.2, -0.15) is 0 Å². The van der Waals surface area contributed by atoms with E-state index in [1.165, 1.54) is 0 Å². The standard InChI is InChI=1S/C20H28N2O2S/c1-17(2)14-22(25(24)16-19-6-4-3-5-7-19)15-18-8-10-20(11-9-18)21-12-13-23/h3-11,17,21,23H,12-16H2,1-2H3/t25-/m0/s1. The highest BCUT2D eigenvalue weighted by Crippen LogP contribution is 2.18. The van der Waals surface area contributed by atoms with Gasteiger partial charge >= 0.3 is 0 Å². The first-order valence-electron chi connectivity index (χ1n) is 8.69. The average molecular weight is 361 g/mol. The summed E-state index contributed by atoms with van der Waals surface area (Å²) in [6, 6.07) is 18.1. The van der Waals surface area contributed by atoms with Crippen molar-refractivity contribution in [3.63, 3.8) is 0 Å². The van der Waals surface area contributed by atoms with Crippen molar-refractivity contribution in [1.82, 2.24) is 4.31 Å². The number of hydrogen-bond acceptors (Lipinski definition) is 4. The van der Waals surface area contributed by atoms with Crippen LogP contribution in [0.5, 0.6) is 0 Å². The monoisotopic (exact) mass is 360 g/mol. The van der Waals surface area contributed by atoms with E-state index in [0.29, 0.717) is 24.8 Å². The molecule has 2 aromatic rings. The highest BCUT2D eigenvalue weighted by atomic mass is 32.2. The van der Waals surface area contributed by atoms with Crippen molar-refractivity contribution in [2.75, 3.05) is 25.0 Å². The summed E-state index contributed by atoms with van der Waals surface area (Å²) in [5.74, 6) is 0.995. The van der Waals surface area contributed by atoms with Crippen LogP contribution in [0, 0.1) is 5.92 Å². The molecule has 136 valence electrons. The molecule has 2 N–H and O–H groups in total. The molecule has 0 aliphatic rings. The second-order valence-electron chi connectivity index (χ2n) is 6.52. The van der Waals surface area contributed by atoms with Crippen molar-refractivity contribution in [1.29, 1.82) is 0 Å². The molecule has 0 fully saturated rings. The molecular formula is C20H28N2O2S. The van der Waals surface area contributed by atoms with Crippen LogP contribution in [0.1, 0.15) is 25.0 Å². The van der Waals surface area contributed by atoms with Gasteiger partial charge in [-0.1, -0.05) is 56.3 Å². The van der Waals surface area contributed by atoms with Crippen LogP contribution in [0.4, 0.5) is 5.69 Å². The van der Waals surface area contributed by atoms with E-state index in [2.05, 4.69) is 19.2 Å². The predicted molar refractivity (Wildman–Crippen MR) is 106 cm³/mol. The third-order valence-electron chi connectivity index (χ3n) is 3.74. The van der Waals surface area contributed by atoms with Gasteiger partial charge < -0.3 is 15.0 Å². The van der Waals surface area contributed by atoms with Gasteiger partial charge in [0.15, 0.2) is 5.75 Å². The lowest BCUT2D eigenvalue weighted by molar-refractivity contribution is 0.311. The minimum Gasteiger partial charge on any atom is -0.598 e. The number of aliphatic hydroxyl groups excluding tert-OH is 1. The first-order valence-corrected chi connectivity index (χ1v) is 9.97. The highest BCUT2D eigenvalue weighted by Gasteiger charge is 2.21. The number of hydrogen-bond donors (Lipinski definition) is 2. The van der Waals surface area contributed by atoms with Crippen LogP contribution in [0.3, 0.4) is 0 Å². The largest absolute Gasteiger partial charge is 0.598 e. The Morgan fingerprint density at radius 1 is 1.04 bits per heavy atom. The highest BCUT2D eigenvalue weighted by molar-refractivity contribution is 7.88. The van der Waals surface area contributed by atoms with Crippen molar-refractivity contribution < 1.29 is 9.66 Å². The molecule has 0 unspecified atom stereocenters. The summed E-state index contributed by atoms with van der Waals surface area (Å²) < 4.78 is 14.9. The lowest BCUT2D eigenvalue weighted by atomic mass is 10.2. The van der Waals surface area contributed by atoms with Crippen LogP contribution in [0.25, 0.3) is 0 Å². The van der Waals surface area contributed by atoms with Gasteiger partial charge in [0.2, 0.25) is 0 Å². The number of anilines is 1. The second-order valence-corrected chi connectivity index (χ2v) is 7.96. The van der Waals surface area contributed by atoms with Gasteiger partial charge in [-0.3, -0.25) is 0 Å². The van der Waals surface area contributed by atoms with Crippen molar-refractivity contribution in [2.24, 2.45) is 5.92 Å². The predicted octanol–water partition coefficient (Wildman–Crippen LogP) is 3.41. The van der Waals surface area contributed by atoms with Crippen molar-refractivity contribution in [2.45, 2.75) is 26.1 Å². The summed E-state index contributed by atoms with van der Waals surface area (Å²) in [5, 5.41) is 12.0. The first-order chi connectivity index (χ1) is 12.1. The van der Waals surface area contributed by atoms with Gasteiger partial charge in [-0.15, -0.1) is 4.31 Å². The zero-order chi connectivity index (χ0) is 18.1. The smallest absolute Gasteiger partial charge is 0.150 e. The molecule has 0 aromatic heterocycles. The fourth-order valence-corrected chi connectivity index (χ4v) is 3.98. The Morgan fingerprint density at radius 2 is 1.72 bits per heavy atom. The van der Waals surface area contributed by atoms with Crippen LogP contribution in [0.2, 0.25) is 0 Å². The van der Waals surface area contributed by atoms with E-state index < -0.39 is 11.4 Å². The number of rotatable bonds is 10. The molecule has 0 radical (unpaired) electrons. The molecule has 0 aliphatic carbocycles. The maximum Gasteiger partial charge on any atom is 0.150 e. The molecule has 1 atom stereocenters. The molecule has 0 saturated heterocycles. The Bertz CT molecular complexity index is 605. The number of nitrogens with one attached hydrogen (secondary N) is 1. The van der Waals surface area contributed by atoms with E-state index in [0.717, 1.165) is 23.4 Å². The van der Waals surface area contributed by atoms with E-state index in [4.69, 9.17) is 5.11 Å². The van der Waals surface area contributed by atoms with Gasteiger partial charge in [-0.25, -0.2) is 0 Å². The van der Waals surface area contributed by atoms with E-state index >= 15 is 0 Å². The average Bonchev–Trinajstić information content (AvgIpc) is 2.61. The quantitative estimate of drug-likeness (QED) is 0.638.